The number of nitrogens with one attached hydrogen (secondary N) is 1. The molecule has 114 valence electrons. The van der Waals surface area contributed by atoms with Crippen molar-refractivity contribution in [3.8, 4) is 0 Å². The maximum absolute atomic E-state index is 12.9. The number of halogens is 2. The maximum Gasteiger partial charge on any atom is 0.323 e. The third-order valence-corrected chi connectivity index (χ3v) is 5.01. The number of rotatable bonds is 2. The Labute approximate surface area is 137 Å². The molecule has 0 aliphatic carbocycles. The van der Waals surface area contributed by atoms with Gasteiger partial charge in [-0.3, -0.25) is 0 Å². The number of nitrogens with zero attached hydrogens (tertiary/aromatic N) is 1. The van der Waals surface area contributed by atoms with Crippen molar-refractivity contribution in [3.63, 3.8) is 0 Å². The minimum absolute atomic E-state index is 0.103. The van der Waals surface area contributed by atoms with E-state index in [0.29, 0.717) is 17.3 Å². The van der Waals surface area contributed by atoms with Crippen LogP contribution in [-0.4, -0.2) is 23.2 Å². The van der Waals surface area contributed by atoms with Crippen molar-refractivity contribution in [1.82, 2.24) is 4.90 Å². The van der Waals surface area contributed by atoms with Crippen LogP contribution < -0.4 is 5.32 Å². The molecular weight excluding hydrogens is 323 g/mol. The first kappa shape index (κ1) is 15.2. The molecule has 1 saturated heterocycles. The van der Waals surface area contributed by atoms with E-state index in [4.69, 9.17) is 11.6 Å². The molecule has 1 atom stereocenters. The van der Waals surface area contributed by atoms with Gasteiger partial charge in [-0.1, -0.05) is 29.8 Å². The highest BCUT2D eigenvalue weighted by Crippen LogP contribution is 2.40. The molecule has 2 amide bonds. The van der Waals surface area contributed by atoms with Crippen molar-refractivity contribution >= 4 is 35.1 Å². The Morgan fingerprint density at radius 2 is 1.95 bits per heavy atom. The summed E-state index contributed by atoms with van der Waals surface area (Å²) in [5.74, 6) is 0.524. The average Bonchev–Trinajstić information content (AvgIpc) is 2.99. The van der Waals surface area contributed by atoms with Gasteiger partial charge in [-0.05, 0) is 30.3 Å². The van der Waals surface area contributed by atoms with Gasteiger partial charge in [0.25, 0.3) is 0 Å². The van der Waals surface area contributed by atoms with Crippen molar-refractivity contribution < 1.29 is 9.18 Å². The zero-order valence-corrected chi connectivity index (χ0v) is 13.2. The van der Waals surface area contributed by atoms with Crippen LogP contribution in [0.5, 0.6) is 0 Å². The highest BCUT2D eigenvalue weighted by atomic mass is 35.5. The van der Waals surface area contributed by atoms with Crippen molar-refractivity contribution in [2.75, 3.05) is 17.6 Å². The Morgan fingerprint density at radius 3 is 2.68 bits per heavy atom. The predicted molar refractivity (Wildman–Crippen MR) is 88.8 cm³/mol. The quantitative estimate of drug-likeness (QED) is 0.857. The molecule has 3 nitrogen and oxygen atoms in total. The van der Waals surface area contributed by atoms with Gasteiger partial charge < -0.3 is 10.2 Å². The Bertz CT molecular complexity index is 680. The fraction of sp³-hybridized carbons (Fsp3) is 0.188. The second-order valence-corrected chi connectivity index (χ2v) is 6.47. The monoisotopic (exact) mass is 336 g/mol. The average molecular weight is 337 g/mol. The van der Waals surface area contributed by atoms with E-state index in [2.05, 4.69) is 5.32 Å². The van der Waals surface area contributed by atoms with E-state index >= 15 is 0 Å². The summed E-state index contributed by atoms with van der Waals surface area (Å²) in [7, 11) is 0. The molecule has 1 fully saturated rings. The maximum atomic E-state index is 12.9. The minimum atomic E-state index is -0.330. The standard InChI is InChI=1S/C16H14ClFN2OS/c17-14-4-2-1-3-13(14)15-20(9-10-22-15)16(21)19-12-7-5-11(18)6-8-12/h1-8,15H,9-10H2,(H,19,21)/t15-/m1/s1. The largest absolute Gasteiger partial charge is 0.323 e. The minimum Gasteiger partial charge on any atom is -0.308 e. The first-order valence-corrected chi connectivity index (χ1v) is 8.27. The molecule has 0 saturated carbocycles. The number of carbonyl (C=O) groups excluding carboxylic acids is 1. The number of amides is 2. The molecule has 6 heteroatoms. The van der Waals surface area contributed by atoms with Gasteiger partial charge >= 0.3 is 6.03 Å². The van der Waals surface area contributed by atoms with Crippen LogP contribution in [0, 0.1) is 5.82 Å². The lowest BCUT2D eigenvalue weighted by atomic mass is 10.2. The van der Waals surface area contributed by atoms with Gasteiger partial charge in [0, 0.05) is 28.6 Å². The molecule has 1 aliphatic heterocycles. The van der Waals surface area contributed by atoms with Crippen LogP contribution in [-0.2, 0) is 0 Å². The molecule has 0 bridgehead atoms. The second-order valence-electron chi connectivity index (χ2n) is 4.88. The summed E-state index contributed by atoms with van der Waals surface area (Å²) in [6.07, 6.45) is 0. The summed E-state index contributed by atoms with van der Waals surface area (Å²) in [6, 6.07) is 13.1. The van der Waals surface area contributed by atoms with Gasteiger partial charge in [0.15, 0.2) is 0 Å². The number of hydrogen-bond acceptors (Lipinski definition) is 2. The normalized spacial score (nSPS) is 17.5. The number of hydrogen-bond donors (Lipinski definition) is 1. The molecule has 22 heavy (non-hydrogen) atoms. The van der Waals surface area contributed by atoms with Crippen molar-refractivity contribution in [2.45, 2.75) is 5.37 Å². The summed E-state index contributed by atoms with van der Waals surface area (Å²) in [5, 5.41) is 3.35. The highest BCUT2D eigenvalue weighted by Gasteiger charge is 2.31. The van der Waals surface area contributed by atoms with Crippen LogP contribution in [0.1, 0.15) is 10.9 Å². The number of urea groups is 1. The molecule has 0 spiro atoms. The molecule has 0 radical (unpaired) electrons. The molecule has 2 aromatic rings. The SMILES string of the molecule is O=C(Nc1ccc(F)cc1)N1CCS[C@@H]1c1ccccc1Cl. The summed E-state index contributed by atoms with van der Waals surface area (Å²) >= 11 is 7.92. The zero-order valence-electron chi connectivity index (χ0n) is 11.6. The van der Waals surface area contributed by atoms with Crippen LogP contribution in [0.4, 0.5) is 14.9 Å². The third kappa shape index (κ3) is 3.20. The first-order chi connectivity index (χ1) is 10.6. The van der Waals surface area contributed by atoms with Crippen molar-refractivity contribution in [1.29, 1.82) is 0 Å². The predicted octanol–water partition coefficient (Wildman–Crippen LogP) is 4.76. The number of benzene rings is 2. The number of carbonyl (C=O) groups is 1. The van der Waals surface area contributed by atoms with E-state index in [9.17, 15) is 9.18 Å². The van der Waals surface area contributed by atoms with Crippen LogP contribution in [0.2, 0.25) is 5.02 Å². The van der Waals surface area contributed by atoms with E-state index in [-0.39, 0.29) is 17.2 Å². The number of thioether (sulfide) groups is 1. The number of anilines is 1. The first-order valence-electron chi connectivity index (χ1n) is 6.84. The van der Waals surface area contributed by atoms with E-state index < -0.39 is 0 Å². The summed E-state index contributed by atoms with van der Waals surface area (Å²) < 4.78 is 12.9. The van der Waals surface area contributed by atoms with E-state index in [1.165, 1.54) is 12.1 Å². The van der Waals surface area contributed by atoms with Crippen LogP contribution in [0.15, 0.2) is 48.5 Å². The Hall–Kier alpha value is -1.72. The lowest BCUT2D eigenvalue weighted by Crippen LogP contribution is -2.34. The third-order valence-electron chi connectivity index (χ3n) is 3.42. The Kier molecular flexibility index (Phi) is 4.55. The van der Waals surface area contributed by atoms with Gasteiger partial charge in [-0.15, -0.1) is 11.8 Å². The van der Waals surface area contributed by atoms with E-state index in [1.807, 2.05) is 24.3 Å². The topological polar surface area (TPSA) is 32.3 Å². The van der Waals surface area contributed by atoms with Crippen LogP contribution in [0.3, 0.4) is 0 Å². The fourth-order valence-corrected chi connectivity index (χ4v) is 3.93. The zero-order chi connectivity index (χ0) is 15.5. The van der Waals surface area contributed by atoms with Gasteiger partial charge in [0.2, 0.25) is 0 Å². The molecule has 0 unspecified atom stereocenters. The summed E-state index contributed by atoms with van der Waals surface area (Å²) in [6.45, 7) is 0.646. The Balaban J connectivity index is 1.76. The Morgan fingerprint density at radius 1 is 1.23 bits per heavy atom. The molecule has 3 rings (SSSR count). The molecule has 1 N–H and O–H groups in total. The smallest absolute Gasteiger partial charge is 0.308 e. The van der Waals surface area contributed by atoms with Crippen LogP contribution >= 0.6 is 23.4 Å². The van der Waals surface area contributed by atoms with Gasteiger partial charge in [-0.25, -0.2) is 9.18 Å². The lowest BCUT2D eigenvalue weighted by Gasteiger charge is -2.25. The van der Waals surface area contributed by atoms with E-state index in [0.717, 1.165) is 11.3 Å². The fourth-order valence-electron chi connectivity index (χ4n) is 2.34. The molecule has 1 aliphatic rings. The van der Waals surface area contributed by atoms with Crippen molar-refractivity contribution in [3.05, 3.63) is 64.9 Å². The van der Waals surface area contributed by atoms with Gasteiger partial charge in [0.1, 0.15) is 11.2 Å². The molecule has 0 aromatic heterocycles. The van der Waals surface area contributed by atoms with E-state index in [1.54, 1.807) is 28.8 Å². The van der Waals surface area contributed by atoms with Gasteiger partial charge in [0.05, 0.1) is 0 Å². The van der Waals surface area contributed by atoms with Gasteiger partial charge in [-0.2, -0.15) is 0 Å². The summed E-state index contributed by atoms with van der Waals surface area (Å²) in [4.78, 5) is 14.2. The van der Waals surface area contributed by atoms with Crippen molar-refractivity contribution in [2.24, 2.45) is 0 Å². The second kappa shape index (κ2) is 6.58. The van der Waals surface area contributed by atoms with Crippen LogP contribution in [0.25, 0.3) is 0 Å². The molecular formula is C16H14ClFN2OS. The lowest BCUT2D eigenvalue weighted by molar-refractivity contribution is 0.214. The molecule has 2 aromatic carbocycles. The highest BCUT2D eigenvalue weighted by molar-refractivity contribution is 7.99. The molecule has 1 heterocycles. The summed E-state index contributed by atoms with van der Waals surface area (Å²) in [5.41, 5.74) is 1.50.